The number of pyridine rings is 2. The number of rotatable bonds is 4. The molecule has 5 nitrogen and oxygen atoms in total. The van der Waals surface area contributed by atoms with Crippen molar-refractivity contribution in [2.75, 3.05) is 18.4 Å². The molecule has 3 aliphatic rings. The van der Waals surface area contributed by atoms with Crippen LogP contribution in [-0.4, -0.2) is 33.5 Å². The van der Waals surface area contributed by atoms with Crippen LogP contribution in [0.5, 0.6) is 0 Å². The number of aromatic nitrogens is 3. The zero-order chi connectivity index (χ0) is 18.8. The minimum atomic E-state index is 0.349. The van der Waals surface area contributed by atoms with Gasteiger partial charge in [0.25, 0.3) is 0 Å². The predicted octanol–water partition coefficient (Wildman–Crippen LogP) is 4.00. The van der Waals surface area contributed by atoms with Gasteiger partial charge < -0.3 is 10.6 Å². The summed E-state index contributed by atoms with van der Waals surface area (Å²) in [6.07, 6.45) is 10.6. The first-order valence-corrected chi connectivity index (χ1v) is 10.6. The molecular formula is C23H27N5. The monoisotopic (exact) mass is 373 g/mol. The Morgan fingerprint density at radius 1 is 1.14 bits per heavy atom. The third-order valence-corrected chi connectivity index (χ3v) is 7.26. The van der Waals surface area contributed by atoms with E-state index >= 15 is 0 Å². The molecule has 2 saturated carbocycles. The van der Waals surface area contributed by atoms with E-state index in [1.807, 2.05) is 6.20 Å². The highest BCUT2D eigenvalue weighted by Crippen LogP contribution is 2.48. The fourth-order valence-corrected chi connectivity index (χ4v) is 5.10. The van der Waals surface area contributed by atoms with Crippen molar-refractivity contribution in [3.05, 3.63) is 48.3 Å². The maximum absolute atomic E-state index is 4.92. The van der Waals surface area contributed by atoms with Gasteiger partial charge in [-0.3, -0.25) is 4.40 Å². The standard InChI is InChI=1S/C23H27N5/c1-22(7-8-22)16-5-6-21-25-13-19(28(21)14-16)18-3-2-4-20(27-18)26-17-11-23(12-17)9-10-24-15-23/h2-6,13-14,17,24H,7-12,15H2,1H3,(H,26,27). The molecule has 2 aliphatic carbocycles. The average Bonchev–Trinajstić information content (AvgIpc) is 3.09. The fourth-order valence-electron chi connectivity index (χ4n) is 5.10. The first-order chi connectivity index (χ1) is 13.6. The topological polar surface area (TPSA) is 54.2 Å². The van der Waals surface area contributed by atoms with Crippen LogP contribution in [0.3, 0.4) is 0 Å². The largest absolute Gasteiger partial charge is 0.367 e. The Balaban J connectivity index is 1.27. The molecule has 0 radical (unpaired) electrons. The minimum Gasteiger partial charge on any atom is -0.367 e. The number of anilines is 1. The zero-order valence-corrected chi connectivity index (χ0v) is 16.4. The van der Waals surface area contributed by atoms with E-state index in [1.54, 1.807) is 0 Å². The highest BCUT2D eigenvalue weighted by atomic mass is 15.1. The van der Waals surface area contributed by atoms with E-state index in [4.69, 9.17) is 4.98 Å². The van der Waals surface area contributed by atoms with Gasteiger partial charge >= 0.3 is 0 Å². The van der Waals surface area contributed by atoms with Gasteiger partial charge in [0.05, 0.1) is 17.6 Å². The van der Waals surface area contributed by atoms with Crippen LogP contribution in [0.15, 0.2) is 42.7 Å². The smallest absolute Gasteiger partial charge is 0.137 e. The Hall–Kier alpha value is -2.40. The highest BCUT2D eigenvalue weighted by Gasteiger charge is 2.45. The van der Waals surface area contributed by atoms with Crippen molar-refractivity contribution in [1.29, 1.82) is 0 Å². The summed E-state index contributed by atoms with van der Waals surface area (Å²) in [6.45, 7) is 4.70. The Labute approximate surface area is 165 Å². The molecule has 3 fully saturated rings. The van der Waals surface area contributed by atoms with Crippen molar-refractivity contribution >= 4 is 11.5 Å². The van der Waals surface area contributed by atoms with Crippen LogP contribution >= 0.6 is 0 Å². The van der Waals surface area contributed by atoms with E-state index < -0.39 is 0 Å². The van der Waals surface area contributed by atoms with Crippen molar-refractivity contribution in [3.63, 3.8) is 0 Å². The molecule has 0 bridgehead atoms. The van der Waals surface area contributed by atoms with Crippen LogP contribution in [0.1, 0.15) is 44.6 Å². The van der Waals surface area contributed by atoms with E-state index in [-0.39, 0.29) is 0 Å². The quantitative estimate of drug-likeness (QED) is 0.726. The van der Waals surface area contributed by atoms with E-state index in [0.29, 0.717) is 16.9 Å². The van der Waals surface area contributed by atoms with Crippen molar-refractivity contribution in [2.24, 2.45) is 5.41 Å². The number of nitrogens with one attached hydrogen (secondary N) is 2. The van der Waals surface area contributed by atoms with Gasteiger partial charge in [-0.25, -0.2) is 9.97 Å². The van der Waals surface area contributed by atoms with Gasteiger partial charge in [0.2, 0.25) is 0 Å². The van der Waals surface area contributed by atoms with Crippen LogP contribution < -0.4 is 10.6 Å². The summed E-state index contributed by atoms with van der Waals surface area (Å²) in [5, 5.41) is 7.17. The molecule has 6 rings (SSSR count). The minimum absolute atomic E-state index is 0.349. The Morgan fingerprint density at radius 3 is 2.82 bits per heavy atom. The van der Waals surface area contributed by atoms with Crippen LogP contribution in [0.2, 0.25) is 0 Å². The van der Waals surface area contributed by atoms with Crippen molar-refractivity contribution in [3.8, 4) is 11.4 Å². The predicted molar refractivity (Wildman–Crippen MR) is 112 cm³/mol. The normalized spacial score (nSPS) is 27.8. The molecule has 0 atom stereocenters. The number of nitrogens with zero attached hydrogens (tertiary/aromatic N) is 3. The number of imidazole rings is 1. The first-order valence-electron chi connectivity index (χ1n) is 10.6. The van der Waals surface area contributed by atoms with Gasteiger partial charge in [-0.1, -0.05) is 19.1 Å². The van der Waals surface area contributed by atoms with Crippen LogP contribution in [0, 0.1) is 5.41 Å². The van der Waals surface area contributed by atoms with Gasteiger partial charge in [-0.2, -0.15) is 0 Å². The average molecular weight is 374 g/mol. The first kappa shape index (κ1) is 16.5. The van der Waals surface area contributed by atoms with Crippen LogP contribution in [0.25, 0.3) is 17.0 Å². The summed E-state index contributed by atoms with van der Waals surface area (Å²) in [4.78, 5) is 9.52. The summed E-state index contributed by atoms with van der Waals surface area (Å²) < 4.78 is 2.20. The molecule has 1 aliphatic heterocycles. The molecule has 3 aromatic rings. The Bertz CT molecular complexity index is 1030. The molecule has 0 unspecified atom stereocenters. The van der Waals surface area contributed by atoms with Crippen LogP contribution in [0.4, 0.5) is 5.82 Å². The summed E-state index contributed by atoms with van der Waals surface area (Å²) in [5.74, 6) is 0.976. The Morgan fingerprint density at radius 2 is 2.04 bits per heavy atom. The molecule has 1 spiro atoms. The number of fused-ring (bicyclic) bond motifs is 1. The molecule has 3 aromatic heterocycles. The number of hydrogen-bond donors (Lipinski definition) is 2. The van der Waals surface area contributed by atoms with E-state index in [1.165, 1.54) is 50.8 Å². The molecular weight excluding hydrogens is 346 g/mol. The van der Waals surface area contributed by atoms with Gasteiger partial charge in [0, 0.05) is 18.8 Å². The summed E-state index contributed by atoms with van der Waals surface area (Å²) in [7, 11) is 0. The summed E-state index contributed by atoms with van der Waals surface area (Å²) in [5.41, 5.74) is 5.33. The van der Waals surface area contributed by atoms with E-state index in [0.717, 1.165) is 22.9 Å². The zero-order valence-electron chi connectivity index (χ0n) is 16.4. The molecule has 0 amide bonds. The lowest BCUT2D eigenvalue weighted by Gasteiger charge is -2.45. The van der Waals surface area contributed by atoms with Crippen molar-refractivity contribution < 1.29 is 0 Å². The van der Waals surface area contributed by atoms with Gasteiger partial charge in [0.15, 0.2) is 0 Å². The lowest BCUT2D eigenvalue weighted by atomic mass is 9.65. The molecule has 144 valence electrons. The van der Waals surface area contributed by atoms with Crippen LogP contribution in [-0.2, 0) is 5.41 Å². The van der Waals surface area contributed by atoms with Gasteiger partial charge in [-0.05, 0) is 73.2 Å². The second kappa shape index (κ2) is 5.80. The lowest BCUT2D eigenvalue weighted by Crippen LogP contribution is -2.46. The second-order valence-corrected chi connectivity index (χ2v) is 9.43. The molecule has 1 saturated heterocycles. The van der Waals surface area contributed by atoms with E-state index in [2.05, 4.69) is 63.5 Å². The third-order valence-electron chi connectivity index (χ3n) is 7.26. The summed E-state index contributed by atoms with van der Waals surface area (Å²) >= 11 is 0. The molecule has 4 heterocycles. The second-order valence-electron chi connectivity index (χ2n) is 9.43. The molecule has 0 aromatic carbocycles. The van der Waals surface area contributed by atoms with E-state index in [9.17, 15) is 0 Å². The molecule has 2 N–H and O–H groups in total. The molecule has 28 heavy (non-hydrogen) atoms. The summed E-state index contributed by atoms with van der Waals surface area (Å²) in [6, 6.07) is 11.2. The lowest BCUT2D eigenvalue weighted by molar-refractivity contribution is 0.141. The maximum atomic E-state index is 4.92. The maximum Gasteiger partial charge on any atom is 0.137 e. The third kappa shape index (κ3) is 2.64. The molecule has 5 heteroatoms. The highest BCUT2D eigenvalue weighted by molar-refractivity contribution is 5.62. The van der Waals surface area contributed by atoms with Crippen molar-refractivity contribution in [1.82, 2.24) is 19.7 Å². The van der Waals surface area contributed by atoms with Gasteiger partial charge in [0.1, 0.15) is 11.5 Å². The fraction of sp³-hybridized carbons (Fsp3) is 0.478. The Kier molecular flexibility index (Phi) is 3.43. The van der Waals surface area contributed by atoms with Gasteiger partial charge in [-0.15, -0.1) is 0 Å². The SMILES string of the molecule is CC1(c2ccc3ncc(-c4cccc(NC5CC6(CCNC6)C5)n4)n3c2)CC1. The number of hydrogen-bond acceptors (Lipinski definition) is 4. The van der Waals surface area contributed by atoms with Crippen molar-refractivity contribution in [2.45, 2.75) is 50.5 Å².